The first kappa shape index (κ1) is 14.2. The number of hydrogen-bond acceptors (Lipinski definition) is 2. The van der Waals surface area contributed by atoms with E-state index in [4.69, 9.17) is 0 Å². The molecule has 0 radical (unpaired) electrons. The highest BCUT2D eigenvalue weighted by molar-refractivity contribution is 5.84. The van der Waals surface area contributed by atoms with Crippen molar-refractivity contribution in [1.82, 2.24) is 9.88 Å². The fourth-order valence-corrected chi connectivity index (χ4v) is 4.09. The van der Waals surface area contributed by atoms with E-state index in [2.05, 4.69) is 9.88 Å². The lowest BCUT2D eigenvalue weighted by Gasteiger charge is -2.33. The lowest BCUT2D eigenvalue weighted by molar-refractivity contribution is 0.0913. The Morgan fingerprint density at radius 2 is 2.05 bits per heavy atom. The second kappa shape index (κ2) is 5.67. The minimum absolute atomic E-state index is 0.0826. The summed E-state index contributed by atoms with van der Waals surface area (Å²) in [5.74, 6) is 0.541. The Hall–Kier alpha value is -1.39. The highest BCUT2D eigenvalue weighted by Crippen LogP contribution is 2.30. The molecular weight excluding hydrogens is 279 g/mol. The van der Waals surface area contributed by atoms with Crippen molar-refractivity contribution in [1.29, 1.82) is 0 Å². The zero-order valence-corrected chi connectivity index (χ0v) is 12.8. The molecule has 3 nitrogen and oxygen atoms in total. The van der Waals surface area contributed by atoms with Crippen molar-refractivity contribution in [3.05, 3.63) is 35.3 Å². The van der Waals surface area contributed by atoms with Gasteiger partial charge in [-0.05, 0) is 55.4 Å². The summed E-state index contributed by atoms with van der Waals surface area (Å²) < 4.78 is 13.5. The molecule has 0 atom stereocenters. The first-order valence-electron chi connectivity index (χ1n) is 8.38. The van der Waals surface area contributed by atoms with Gasteiger partial charge in [0.1, 0.15) is 5.82 Å². The maximum absolute atomic E-state index is 13.5. The molecular formula is C18H23FN2O. The van der Waals surface area contributed by atoms with Gasteiger partial charge in [0.2, 0.25) is 0 Å². The highest BCUT2D eigenvalue weighted by Gasteiger charge is 2.25. The van der Waals surface area contributed by atoms with E-state index >= 15 is 0 Å². The van der Waals surface area contributed by atoms with Crippen LogP contribution in [0.1, 0.15) is 36.9 Å². The van der Waals surface area contributed by atoms with E-state index in [1.165, 1.54) is 17.3 Å². The van der Waals surface area contributed by atoms with Gasteiger partial charge in [0.25, 0.3) is 0 Å². The van der Waals surface area contributed by atoms with Gasteiger partial charge >= 0.3 is 0 Å². The molecule has 0 bridgehead atoms. The van der Waals surface area contributed by atoms with Crippen LogP contribution in [-0.2, 0) is 13.0 Å². The van der Waals surface area contributed by atoms with E-state index in [0.29, 0.717) is 5.92 Å². The Kier molecular flexibility index (Phi) is 3.66. The number of aliphatic hydroxyl groups excluding tert-OH is 1. The number of H-pyrrole nitrogens is 1. The van der Waals surface area contributed by atoms with Crippen molar-refractivity contribution in [2.24, 2.45) is 5.92 Å². The predicted octanol–water partition coefficient (Wildman–Crippen LogP) is 3.22. The molecule has 2 N–H and O–H groups in total. The van der Waals surface area contributed by atoms with Crippen molar-refractivity contribution in [3.8, 4) is 0 Å². The summed E-state index contributed by atoms with van der Waals surface area (Å²) >= 11 is 0. The van der Waals surface area contributed by atoms with E-state index in [1.807, 2.05) is 6.07 Å². The molecule has 1 aromatic carbocycles. The van der Waals surface area contributed by atoms with Crippen LogP contribution in [0.2, 0.25) is 0 Å². The average Bonchev–Trinajstić information content (AvgIpc) is 2.87. The number of halogens is 1. The largest absolute Gasteiger partial charge is 0.393 e. The average molecular weight is 302 g/mol. The third-order valence-electron chi connectivity index (χ3n) is 5.35. The summed E-state index contributed by atoms with van der Waals surface area (Å²) in [5.41, 5.74) is 3.60. The van der Waals surface area contributed by atoms with Gasteiger partial charge in [-0.15, -0.1) is 0 Å². The van der Waals surface area contributed by atoms with Crippen LogP contribution in [0, 0.1) is 11.7 Å². The molecule has 1 fully saturated rings. The molecule has 0 spiro atoms. The van der Waals surface area contributed by atoms with E-state index in [0.717, 1.165) is 62.6 Å². The summed E-state index contributed by atoms with van der Waals surface area (Å²) in [5, 5.41) is 10.7. The summed E-state index contributed by atoms with van der Waals surface area (Å²) in [7, 11) is 0. The standard InChI is InChI=1S/C18H23FN2O/c19-13-3-6-17-15(9-13)16-11-21(8-7-18(16)20-17)10-12-1-4-14(22)5-2-12/h3,6,9,12,14,20,22H,1-2,4-5,7-8,10-11H2. The lowest BCUT2D eigenvalue weighted by Crippen LogP contribution is -2.36. The smallest absolute Gasteiger partial charge is 0.123 e. The Bertz CT molecular complexity index is 673. The molecule has 0 amide bonds. The Balaban J connectivity index is 1.51. The maximum atomic E-state index is 13.5. The molecule has 2 aromatic rings. The molecule has 2 heterocycles. The number of fused-ring (bicyclic) bond motifs is 3. The Morgan fingerprint density at radius 1 is 1.23 bits per heavy atom. The fraction of sp³-hybridized carbons (Fsp3) is 0.556. The number of aromatic nitrogens is 1. The second-order valence-electron chi connectivity index (χ2n) is 6.93. The molecule has 1 aliphatic carbocycles. The van der Waals surface area contributed by atoms with Crippen LogP contribution in [0.25, 0.3) is 10.9 Å². The molecule has 2 aliphatic rings. The molecule has 0 unspecified atom stereocenters. The van der Waals surface area contributed by atoms with Gasteiger partial charge in [0, 0.05) is 42.7 Å². The molecule has 22 heavy (non-hydrogen) atoms. The number of benzene rings is 1. The first-order chi connectivity index (χ1) is 10.7. The van der Waals surface area contributed by atoms with Crippen molar-refractivity contribution in [2.75, 3.05) is 13.1 Å². The minimum atomic E-state index is -0.160. The van der Waals surface area contributed by atoms with Crippen LogP contribution in [-0.4, -0.2) is 34.2 Å². The number of aromatic amines is 1. The fourth-order valence-electron chi connectivity index (χ4n) is 4.09. The number of hydrogen-bond donors (Lipinski definition) is 2. The topological polar surface area (TPSA) is 39.3 Å². The summed E-state index contributed by atoms with van der Waals surface area (Å²) in [6, 6.07) is 5.02. The van der Waals surface area contributed by atoms with Gasteiger partial charge in [-0.2, -0.15) is 0 Å². The molecule has 118 valence electrons. The van der Waals surface area contributed by atoms with Crippen molar-refractivity contribution in [3.63, 3.8) is 0 Å². The van der Waals surface area contributed by atoms with Gasteiger partial charge in [0.15, 0.2) is 0 Å². The van der Waals surface area contributed by atoms with Gasteiger partial charge in [-0.1, -0.05) is 0 Å². The SMILES string of the molecule is OC1CCC(CN2CCc3[nH]c4ccc(F)cc4c3C2)CC1. The molecule has 1 aliphatic heterocycles. The number of nitrogens with zero attached hydrogens (tertiary/aromatic N) is 1. The minimum Gasteiger partial charge on any atom is -0.393 e. The van der Waals surface area contributed by atoms with Crippen molar-refractivity contribution >= 4 is 10.9 Å². The molecule has 1 aromatic heterocycles. The second-order valence-corrected chi connectivity index (χ2v) is 6.93. The summed E-state index contributed by atoms with van der Waals surface area (Å²) in [6.07, 6.45) is 5.09. The number of aliphatic hydroxyl groups is 1. The number of rotatable bonds is 2. The van der Waals surface area contributed by atoms with Crippen molar-refractivity contribution in [2.45, 2.75) is 44.8 Å². The Morgan fingerprint density at radius 3 is 2.86 bits per heavy atom. The van der Waals surface area contributed by atoms with Gasteiger partial charge in [-0.3, -0.25) is 4.90 Å². The van der Waals surface area contributed by atoms with Gasteiger partial charge < -0.3 is 10.1 Å². The zero-order valence-electron chi connectivity index (χ0n) is 12.8. The predicted molar refractivity (Wildman–Crippen MR) is 85.2 cm³/mol. The quantitative estimate of drug-likeness (QED) is 0.894. The van der Waals surface area contributed by atoms with Crippen LogP contribution >= 0.6 is 0 Å². The van der Waals surface area contributed by atoms with Gasteiger partial charge in [0.05, 0.1) is 6.10 Å². The van der Waals surface area contributed by atoms with E-state index in [1.54, 1.807) is 6.07 Å². The van der Waals surface area contributed by atoms with E-state index in [9.17, 15) is 9.50 Å². The van der Waals surface area contributed by atoms with E-state index in [-0.39, 0.29) is 11.9 Å². The summed E-state index contributed by atoms with van der Waals surface area (Å²) in [6.45, 7) is 3.09. The molecule has 1 saturated carbocycles. The van der Waals surface area contributed by atoms with Crippen LogP contribution in [0.3, 0.4) is 0 Å². The maximum Gasteiger partial charge on any atom is 0.123 e. The molecule has 4 rings (SSSR count). The lowest BCUT2D eigenvalue weighted by atomic mass is 9.87. The van der Waals surface area contributed by atoms with Crippen LogP contribution in [0.15, 0.2) is 18.2 Å². The Labute approximate surface area is 130 Å². The van der Waals surface area contributed by atoms with Crippen LogP contribution in [0.5, 0.6) is 0 Å². The molecule has 4 heteroatoms. The number of nitrogens with one attached hydrogen (secondary N) is 1. The third kappa shape index (κ3) is 2.66. The van der Waals surface area contributed by atoms with Crippen molar-refractivity contribution < 1.29 is 9.50 Å². The highest BCUT2D eigenvalue weighted by atomic mass is 19.1. The molecule has 0 saturated heterocycles. The monoisotopic (exact) mass is 302 g/mol. The third-order valence-corrected chi connectivity index (χ3v) is 5.35. The van der Waals surface area contributed by atoms with Crippen LogP contribution < -0.4 is 0 Å². The first-order valence-corrected chi connectivity index (χ1v) is 8.38. The normalized spacial score (nSPS) is 26.3. The zero-order chi connectivity index (χ0) is 15.1. The van der Waals surface area contributed by atoms with Gasteiger partial charge in [-0.25, -0.2) is 4.39 Å². The van der Waals surface area contributed by atoms with E-state index < -0.39 is 0 Å². The van der Waals surface area contributed by atoms with Crippen LogP contribution in [0.4, 0.5) is 4.39 Å². The summed E-state index contributed by atoms with van der Waals surface area (Å²) in [4.78, 5) is 5.95.